The van der Waals surface area contributed by atoms with Crippen molar-refractivity contribution in [3.8, 4) is 0 Å². The van der Waals surface area contributed by atoms with Gasteiger partial charge < -0.3 is 15.7 Å². The highest BCUT2D eigenvalue weighted by Gasteiger charge is 2.28. The summed E-state index contributed by atoms with van der Waals surface area (Å²) in [6, 6.07) is 12.6. The van der Waals surface area contributed by atoms with Gasteiger partial charge in [0.25, 0.3) is 0 Å². The first kappa shape index (κ1) is 18.6. The highest BCUT2D eigenvalue weighted by atomic mass is 32.2. The molecule has 0 saturated carbocycles. The van der Waals surface area contributed by atoms with E-state index in [0.29, 0.717) is 18.5 Å². The van der Waals surface area contributed by atoms with Gasteiger partial charge in [-0.05, 0) is 36.8 Å². The minimum absolute atomic E-state index is 0.341. The third-order valence-corrected chi connectivity index (χ3v) is 5.55. The van der Waals surface area contributed by atoms with Gasteiger partial charge in [0.2, 0.25) is 0 Å². The molecule has 0 aliphatic carbocycles. The lowest BCUT2D eigenvalue weighted by atomic mass is 9.95. The van der Waals surface area contributed by atoms with E-state index in [-0.39, 0.29) is 0 Å². The van der Waals surface area contributed by atoms with Crippen molar-refractivity contribution >= 4 is 34.2 Å². The van der Waals surface area contributed by atoms with Crippen LogP contribution in [0.15, 0.2) is 36.4 Å². The quantitative estimate of drug-likeness (QED) is 0.734. The van der Waals surface area contributed by atoms with Crippen molar-refractivity contribution < 1.29 is 9.90 Å². The predicted molar refractivity (Wildman–Crippen MR) is 104 cm³/mol. The molecule has 130 valence electrons. The average molecular weight is 346 g/mol. The number of carboxylic acids is 1. The second-order valence-corrected chi connectivity index (χ2v) is 8.25. The molecule has 0 bridgehead atoms. The molecule has 0 heterocycles. The largest absolute Gasteiger partial charge is 0.480 e. The molecule has 2 aromatic rings. The summed E-state index contributed by atoms with van der Waals surface area (Å²) < 4.78 is -0.846. The second kappa shape index (κ2) is 7.45. The van der Waals surface area contributed by atoms with Gasteiger partial charge in [0, 0.05) is 11.1 Å². The molecular weight excluding hydrogens is 320 g/mol. The Bertz CT molecular complexity index is 728. The fraction of sp³-hybridized carbons (Fsp3) is 0.421. The molecule has 0 aromatic heterocycles. The van der Waals surface area contributed by atoms with Gasteiger partial charge in [-0.15, -0.1) is 11.8 Å². The maximum atomic E-state index is 11.3. The third-order valence-electron chi connectivity index (χ3n) is 4.21. The zero-order valence-corrected chi connectivity index (χ0v) is 15.6. The number of nitrogens with two attached hydrogens (primary N) is 1. The van der Waals surface area contributed by atoms with Crippen LogP contribution in [-0.4, -0.2) is 28.4 Å². The molecule has 0 atom stereocenters. The van der Waals surface area contributed by atoms with Gasteiger partial charge in [-0.2, -0.15) is 0 Å². The Labute approximate surface area is 148 Å². The number of hydrogen-bond donors (Lipinski definition) is 2. The Morgan fingerprint density at radius 3 is 2.38 bits per heavy atom. The van der Waals surface area contributed by atoms with E-state index in [0.717, 1.165) is 11.1 Å². The van der Waals surface area contributed by atoms with E-state index in [1.807, 2.05) is 17.0 Å². The first-order valence-electron chi connectivity index (χ1n) is 8.12. The van der Waals surface area contributed by atoms with Gasteiger partial charge in [-0.25, -0.2) is 0 Å². The van der Waals surface area contributed by atoms with Crippen LogP contribution in [0.3, 0.4) is 0 Å². The summed E-state index contributed by atoms with van der Waals surface area (Å²) in [6.07, 6.45) is 0. The lowest BCUT2D eigenvalue weighted by molar-refractivity contribution is -0.138. The Kier molecular flexibility index (Phi) is 5.78. The zero-order valence-electron chi connectivity index (χ0n) is 14.7. The first-order chi connectivity index (χ1) is 11.3. The van der Waals surface area contributed by atoms with Gasteiger partial charge in [0.1, 0.15) is 4.75 Å². The number of thioether (sulfide) groups is 1. The van der Waals surface area contributed by atoms with Gasteiger partial charge in [-0.3, -0.25) is 4.79 Å². The highest BCUT2D eigenvalue weighted by molar-refractivity contribution is 8.01. The van der Waals surface area contributed by atoms with Crippen LogP contribution < -0.4 is 10.6 Å². The summed E-state index contributed by atoms with van der Waals surface area (Å²) in [5, 5.41) is 11.7. The van der Waals surface area contributed by atoms with Crippen LogP contribution >= 0.6 is 11.8 Å². The fourth-order valence-corrected chi connectivity index (χ4v) is 3.45. The van der Waals surface area contributed by atoms with Crippen molar-refractivity contribution in [1.82, 2.24) is 0 Å². The van der Waals surface area contributed by atoms with Crippen LogP contribution in [0.1, 0.15) is 39.2 Å². The molecule has 0 saturated heterocycles. The number of nitrogens with zero attached hydrogens (tertiary/aromatic N) is 1. The van der Waals surface area contributed by atoms with E-state index in [1.54, 1.807) is 13.8 Å². The molecule has 0 spiro atoms. The Morgan fingerprint density at radius 1 is 1.21 bits per heavy atom. The van der Waals surface area contributed by atoms with E-state index in [2.05, 4.69) is 38.1 Å². The SMILES string of the molecule is CC(C)c1ccc(N(CN)CSC(C)(C)C(=O)O)c2ccccc12. The normalized spacial score (nSPS) is 11.9. The van der Waals surface area contributed by atoms with Crippen molar-refractivity contribution in [3.63, 3.8) is 0 Å². The van der Waals surface area contributed by atoms with Gasteiger partial charge >= 0.3 is 5.97 Å². The number of carbonyl (C=O) groups is 1. The maximum Gasteiger partial charge on any atom is 0.319 e. The molecule has 0 fully saturated rings. The van der Waals surface area contributed by atoms with Crippen LogP contribution in [0.4, 0.5) is 5.69 Å². The van der Waals surface area contributed by atoms with Gasteiger partial charge in [0.05, 0.1) is 12.5 Å². The summed E-state index contributed by atoms with van der Waals surface area (Å²) in [7, 11) is 0. The average Bonchev–Trinajstić information content (AvgIpc) is 2.54. The van der Waals surface area contributed by atoms with Crippen molar-refractivity contribution in [1.29, 1.82) is 0 Å². The van der Waals surface area contributed by atoms with Crippen LogP contribution in [-0.2, 0) is 4.79 Å². The topological polar surface area (TPSA) is 66.6 Å². The summed E-state index contributed by atoms with van der Waals surface area (Å²) in [5.74, 6) is 0.154. The summed E-state index contributed by atoms with van der Waals surface area (Å²) >= 11 is 1.38. The molecule has 5 heteroatoms. The minimum atomic E-state index is -0.846. The van der Waals surface area contributed by atoms with Crippen LogP contribution in [0.2, 0.25) is 0 Å². The lowest BCUT2D eigenvalue weighted by Gasteiger charge is -2.28. The molecule has 2 aromatic carbocycles. The van der Waals surface area contributed by atoms with Gasteiger partial charge in [0.15, 0.2) is 0 Å². The first-order valence-corrected chi connectivity index (χ1v) is 9.10. The molecule has 4 nitrogen and oxygen atoms in total. The van der Waals surface area contributed by atoms with Crippen molar-refractivity contribution in [2.75, 3.05) is 17.4 Å². The lowest BCUT2D eigenvalue weighted by Crippen LogP contribution is -2.35. The smallest absolute Gasteiger partial charge is 0.319 e. The number of aliphatic carboxylic acids is 1. The predicted octanol–water partition coefficient (Wildman–Crippen LogP) is 4.24. The molecule has 2 rings (SSSR count). The molecule has 0 radical (unpaired) electrons. The molecule has 3 N–H and O–H groups in total. The maximum absolute atomic E-state index is 11.3. The Morgan fingerprint density at radius 2 is 1.83 bits per heavy atom. The van der Waals surface area contributed by atoms with Crippen molar-refractivity contribution in [3.05, 3.63) is 42.0 Å². The van der Waals surface area contributed by atoms with E-state index < -0.39 is 10.7 Å². The Balaban J connectivity index is 2.39. The van der Waals surface area contributed by atoms with Gasteiger partial charge in [-0.1, -0.05) is 44.2 Å². The summed E-state index contributed by atoms with van der Waals surface area (Å²) in [5.41, 5.74) is 8.32. The number of anilines is 1. The molecule has 0 aliphatic heterocycles. The van der Waals surface area contributed by atoms with E-state index in [9.17, 15) is 9.90 Å². The zero-order chi connectivity index (χ0) is 17.9. The Hall–Kier alpha value is -1.72. The standard InChI is InChI=1S/C19H26N2O2S/c1-13(2)14-9-10-17(16-8-6-5-7-15(14)16)21(11-20)12-24-19(3,4)18(22)23/h5-10,13H,11-12,20H2,1-4H3,(H,22,23). The number of benzene rings is 2. The van der Waals surface area contributed by atoms with Crippen molar-refractivity contribution in [2.24, 2.45) is 5.73 Å². The number of rotatable bonds is 7. The number of hydrogen-bond acceptors (Lipinski definition) is 4. The van der Waals surface area contributed by atoms with Crippen molar-refractivity contribution in [2.45, 2.75) is 38.4 Å². The number of fused-ring (bicyclic) bond motifs is 1. The fourth-order valence-electron chi connectivity index (χ4n) is 2.61. The van der Waals surface area contributed by atoms with Crippen LogP contribution in [0, 0.1) is 0 Å². The minimum Gasteiger partial charge on any atom is -0.480 e. The molecular formula is C19H26N2O2S. The summed E-state index contributed by atoms with van der Waals surface area (Å²) in [4.78, 5) is 13.3. The van der Waals surface area contributed by atoms with E-state index >= 15 is 0 Å². The molecule has 24 heavy (non-hydrogen) atoms. The third kappa shape index (κ3) is 3.84. The summed E-state index contributed by atoms with van der Waals surface area (Å²) in [6.45, 7) is 8.15. The van der Waals surface area contributed by atoms with Crippen LogP contribution in [0.25, 0.3) is 10.8 Å². The molecule has 0 unspecified atom stereocenters. The molecule has 0 aliphatic rings. The van der Waals surface area contributed by atoms with E-state index in [1.165, 1.54) is 22.7 Å². The molecule has 0 amide bonds. The monoisotopic (exact) mass is 346 g/mol. The highest BCUT2D eigenvalue weighted by Crippen LogP contribution is 2.34. The van der Waals surface area contributed by atoms with E-state index in [4.69, 9.17) is 5.73 Å². The number of carboxylic acid groups (broad SMARTS) is 1. The second-order valence-electron chi connectivity index (χ2n) is 6.69. The van der Waals surface area contributed by atoms with Crippen LogP contribution in [0.5, 0.6) is 0 Å².